The van der Waals surface area contributed by atoms with Gasteiger partial charge in [0.2, 0.25) is 0 Å². The summed E-state index contributed by atoms with van der Waals surface area (Å²) in [7, 11) is 0. The second-order valence-electron chi connectivity index (χ2n) is 12.4. The molecule has 1 aliphatic carbocycles. The van der Waals surface area contributed by atoms with Crippen molar-refractivity contribution in [3.05, 3.63) is 47.1 Å². The molecule has 3 aliphatic rings. The van der Waals surface area contributed by atoms with Crippen molar-refractivity contribution in [2.24, 2.45) is 5.92 Å². The summed E-state index contributed by atoms with van der Waals surface area (Å²) in [5, 5.41) is 32.0. The minimum atomic E-state index is -1.13. The zero-order valence-electron chi connectivity index (χ0n) is 25.7. The van der Waals surface area contributed by atoms with Crippen LogP contribution in [0.2, 0.25) is 0 Å². The van der Waals surface area contributed by atoms with Crippen molar-refractivity contribution in [1.29, 1.82) is 0 Å². The molecular weight excluding hydrogens is 520 g/mol. The fourth-order valence-electron chi connectivity index (χ4n) is 6.54. The topological polar surface area (TPSA) is 105 Å². The molecule has 0 bridgehead atoms. The number of aliphatic hydroxyl groups is 3. The molecule has 8 atom stereocenters. The molecule has 0 aromatic carbocycles. The van der Waals surface area contributed by atoms with E-state index in [9.17, 15) is 20.1 Å². The highest BCUT2D eigenvalue weighted by Crippen LogP contribution is 2.41. The molecule has 6 unspecified atom stereocenters. The van der Waals surface area contributed by atoms with E-state index in [1.807, 2.05) is 25.2 Å². The van der Waals surface area contributed by atoms with E-state index >= 15 is 0 Å². The third-order valence-electron chi connectivity index (χ3n) is 9.24. The monoisotopic (exact) mass is 574 g/mol. The van der Waals surface area contributed by atoms with Crippen LogP contribution in [-0.2, 0) is 19.0 Å². The molecule has 7 heteroatoms. The Kier molecular flexibility index (Phi) is 13.8. The predicted octanol–water partition coefficient (Wildman–Crippen LogP) is 5.87. The Morgan fingerprint density at radius 2 is 2.02 bits per heavy atom. The third-order valence-corrected chi connectivity index (χ3v) is 9.24. The number of hydrogen-bond acceptors (Lipinski definition) is 7. The van der Waals surface area contributed by atoms with E-state index in [1.54, 1.807) is 0 Å². The van der Waals surface area contributed by atoms with Crippen molar-refractivity contribution in [3.63, 3.8) is 0 Å². The van der Waals surface area contributed by atoms with Crippen LogP contribution in [-0.4, -0.2) is 70.6 Å². The van der Waals surface area contributed by atoms with Crippen LogP contribution < -0.4 is 0 Å². The first-order valence-electron chi connectivity index (χ1n) is 15.8. The van der Waals surface area contributed by atoms with E-state index in [4.69, 9.17) is 14.2 Å². The Morgan fingerprint density at radius 3 is 2.76 bits per heavy atom. The maximum atomic E-state index is 11.1. The summed E-state index contributed by atoms with van der Waals surface area (Å²) in [4.78, 5) is 11.0. The maximum absolute atomic E-state index is 11.1. The number of allylic oxidation sites excluding steroid dienone is 4. The van der Waals surface area contributed by atoms with Crippen molar-refractivity contribution in [2.45, 2.75) is 147 Å². The number of rotatable bonds is 16. The molecule has 2 aliphatic heterocycles. The molecule has 0 radical (unpaired) electrons. The fourth-order valence-corrected chi connectivity index (χ4v) is 6.54. The largest absolute Gasteiger partial charge is 0.464 e. The van der Waals surface area contributed by atoms with Gasteiger partial charge in [-0.25, -0.2) is 0 Å². The highest BCUT2D eigenvalue weighted by Gasteiger charge is 2.51. The molecule has 3 rings (SSSR count). The van der Waals surface area contributed by atoms with Gasteiger partial charge in [-0.2, -0.15) is 0 Å². The maximum Gasteiger partial charge on any atom is 0.293 e. The first kappa shape index (κ1) is 33.7. The van der Waals surface area contributed by atoms with Crippen molar-refractivity contribution >= 4 is 6.47 Å². The number of carbonyl (C=O) groups excluding carboxylic acids is 1. The van der Waals surface area contributed by atoms with Crippen molar-refractivity contribution in [3.8, 4) is 0 Å². The van der Waals surface area contributed by atoms with E-state index in [1.165, 1.54) is 5.57 Å². The summed E-state index contributed by atoms with van der Waals surface area (Å²) in [6, 6.07) is 0. The molecule has 2 fully saturated rings. The standard InChI is InChI=1S/C34H54O7/c1-5-11-26(6-2)31(36)15-10-14-28-20-30(40-23-35)21-29(41-28)17-16-24(3)12-8-7-9-13-27-22-39-33-32(37)25(4)18-19-34(27,33)38/h7,9,13,16,18,23,26,28-33,36-38H,5-6,8,10-12,14-15,17,19-22H2,1-4H3/b9-7+,24-16+,27-13+/t26?,28?,29?,30?,31?,32?,33-,34+/m1/s1. The molecule has 0 aromatic rings. The van der Waals surface area contributed by atoms with Gasteiger partial charge in [0.25, 0.3) is 6.47 Å². The quantitative estimate of drug-likeness (QED) is 0.156. The molecular formula is C34H54O7. The van der Waals surface area contributed by atoms with Gasteiger partial charge >= 0.3 is 0 Å². The van der Waals surface area contributed by atoms with E-state index in [0.717, 1.165) is 75.4 Å². The lowest BCUT2D eigenvalue weighted by Crippen LogP contribution is -2.49. The summed E-state index contributed by atoms with van der Waals surface area (Å²) in [5.41, 5.74) is 1.81. The van der Waals surface area contributed by atoms with Gasteiger partial charge in [0.15, 0.2) is 0 Å². The van der Waals surface area contributed by atoms with Gasteiger partial charge in [-0.05, 0) is 75.9 Å². The zero-order valence-corrected chi connectivity index (χ0v) is 25.7. The molecule has 2 heterocycles. The second-order valence-corrected chi connectivity index (χ2v) is 12.4. The highest BCUT2D eigenvalue weighted by molar-refractivity contribution is 5.37. The molecule has 0 amide bonds. The van der Waals surface area contributed by atoms with Gasteiger partial charge in [0, 0.05) is 19.3 Å². The summed E-state index contributed by atoms with van der Waals surface area (Å²) < 4.78 is 17.5. The molecule has 0 spiro atoms. The van der Waals surface area contributed by atoms with Gasteiger partial charge in [0.05, 0.1) is 24.9 Å². The van der Waals surface area contributed by atoms with E-state index in [2.05, 4.69) is 32.9 Å². The summed E-state index contributed by atoms with van der Waals surface area (Å²) in [6.45, 7) is 9.19. The van der Waals surface area contributed by atoms with E-state index in [-0.39, 0.29) is 24.4 Å². The van der Waals surface area contributed by atoms with Gasteiger partial charge < -0.3 is 29.5 Å². The normalized spacial score (nSPS) is 33.0. The number of aliphatic hydroxyl groups excluding tert-OH is 2. The van der Waals surface area contributed by atoms with Crippen LogP contribution in [0.4, 0.5) is 0 Å². The minimum absolute atomic E-state index is 0.0157. The minimum Gasteiger partial charge on any atom is -0.464 e. The van der Waals surface area contributed by atoms with Crippen LogP contribution in [0.25, 0.3) is 0 Å². The highest BCUT2D eigenvalue weighted by atomic mass is 16.5. The molecule has 0 saturated carbocycles. The number of ether oxygens (including phenoxy) is 3. The van der Waals surface area contributed by atoms with Crippen LogP contribution in [0, 0.1) is 5.92 Å². The fraction of sp³-hybridized carbons (Fsp3) is 0.735. The zero-order chi connectivity index (χ0) is 29.8. The lowest BCUT2D eigenvalue weighted by Gasteiger charge is -2.36. The second kappa shape index (κ2) is 16.8. The average Bonchev–Trinajstić information content (AvgIpc) is 3.29. The van der Waals surface area contributed by atoms with Gasteiger partial charge in [-0.3, -0.25) is 4.79 Å². The average molecular weight is 575 g/mol. The summed E-state index contributed by atoms with van der Waals surface area (Å²) >= 11 is 0. The van der Waals surface area contributed by atoms with Crippen LogP contribution >= 0.6 is 0 Å². The summed E-state index contributed by atoms with van der Waals surface area (Å²) in [5.74, 6) is 0.369. The SMILES string of the molecule is CCCC(CC)C(O)CCCC1CC(OC=O)CC(C/C=C(\C)CC/C=C/C=C2\CO[C@@H]3C(O)C(C)=CC[C@]23O)O1. The van der Waals surface area contributed by atoms with Crippen LogP contribution in [0.1, 0.15) is 105 Å². The van der Waals surface area contributed by atoms with Crippen molar-refractivity contribution in [2.75, 3.05) is 6.61 Å². The summed E-state index contributed by atoms with van der Waals surface area (Å²) in [6.07, 6.45) is 18.6. The van der Waals surface area contributed by atoms with Crippen LogP contribution in [0.5, 0.6) is 0 Å². The Bertz CT molecular complexity index is 937. The first-order valence-corrected chi connectivity index (χ1v) is 15.8. The molecule has 0 aromatic heterocycles. The molecule has 232 valence electrons. The van der Waals surface area contributed by atoms with Crippen molar-refractivity contribution < 1.29 is 34.3 Å². The van der Waals surface area contributed by atoms with Gasteiger partial charge in [0.1, 0.15) is 23.9 Å². The molecule has 7 nitrogen and oxygen atoms in total. The smallest absolute Gasteiger partial charge is 0.293 e. The Balaban J connectivity index is 1.44. The lowest BCUT2D eigenvalue weighted by molar-refractivity contribution is -0.148. The van der Waals surface area contributed by atoms with Crippen molar-refractivity contribution in [1.82, 2.24) is 0 Å². The Labute approximate surface area is 247 Å². The van der Waals surface area contributed by atoms with Crippen LogP contribution in [0.15, 0.2) is 47.1 Å². The van der Waals surface area contributed by atoms with E-state index in [0.29, 0.717) is 31.8 Å². The number of carbonyl (C=O) groups is 1. The Morgan fingerprint density at radius 1 is 1.24 bits per heavy atom. The number of fused-ring (bicyclic) bond motifs is 1. The molecule has 3 N–H and O–H groups in total. The van der Waals surface area contributed by atoms with E-state index < -0.39 is 17.8 Å². The lowest BCUT2D eigenvalue weighted by atomic mass is 9.78. The molecule has 2 saturated heterocycles. The third kappa shape index (κ3) is 9.62. The van der Waals surface area contributed by atoms with Gasteiger partial charge in [-0.15, -0.1) is 0 Å². The van der Waals surface area contributed by atoms with Crippen LogP contribution in [0.3, 0.4) is 0 Å². The van der Waals surface area contributed by atoms with Gasteiger partial charge in [-0.1, -0.05) is 62.6 Å². The number of hydrogen-bond donors (Lipinski definition) is 3. The first-order chi connectivity index (χ1) is 19.7. The Hall–Kier alpha value is -1.77. The molecule has 41 heavy (non-hydrogen) atoms. The predicted molar refractivity (Wildman–Crippen MR) is 161 cm³/mol.